The maximum Gasteiger partial charge on any atom is 0.338 e. The van der Waals surface area contributed by atoms with Gasteiger partial charge >= 0.3 is 11.9 Å². The van der Waals surface area contributed by atoms with Gasteiger partial charge in [-0.05, 0) is 73.6 Å². The number of fused-ring (bicyclic) bond motifs is 1. The number of rotatable bonds is 5. The van der Waals surface area contributed by atoms with Crippen molar-refractivity contribution in [2.45, 2.75) is 39.7 Å². The van der Waals surface area contributed by atoms with E-state index < -0.39 is 5.97 Å². The molecule has 1 aliphatic rings. The lowest BCUT2D eigenvalue weighted by atomic mass is 9.95. The Bertz CT molecular complexity index is 984. The highest BCUT2D eigenvalue weighted by molar-refractivity contribution is 5.89. The van der Waals surface area contributed by atoms with Gasteiger partial charge in [0.15, 0.2) is 0 Å². The largest absolute Gasteiger partial charge is 0.454 e. The Morgan fingerprint density at radius 1 is 1.04 bits per heavy atom. The predicted molar refractivity (Wildman–Crippen MR) is 109 cm³/mol. The molecule has 0 saturated carbocycles. The molecule has 1 atom stereocenters. The maximum absolute atomic E-state index is 11.9. The van der Waals surface area contributed by atoms with Crippen LogP contribution in [0.25, 0.3) is 11.1 Å². The fraction of sp³-hybridized carbons (Fsp3) is 0.250. The Morgan fingerprint density at radius 3 is 2.39 bits per heavy atom. The lowest BCUT2D eigenvalue weighted by Gasteiger charge is -2.15. The number of benzene rings is 2. The first-order valence-corrected chi connectivity index (χ1v) is 9.25. The molecule has 0 aromatic heterocycles. The minimum absolute atomic E-state index is 0.240. The molecule has 1 unspecified atom stereocenters. The highest BCUT2D eigenvalue weighted by Gasteiger charge is 2.28. The maximum atomic E-state index is 11.9. The molecule has 0 radical (unpaired) electrons. The van der Waals surface area contributed by atoms with E-state index >= 15 is 0 Å². The SMILES string of the molecule is C=C(C)C(=O)Oc1ccc(-c2cccc3c2CCC3OC(=O)C(=C)C)cc1C. The second kappa shape index (κ2) is 7.85. The van der Waals surface area contributed by atoms with Crippen LogP contribution in [-0.4, -0.2) is 11.9 Å². The van der Waals surface area contributed by atoms with Gasteiger partial charge in [0, 0.05) is 11.1 Å². The Hall–Kier alpha value is -3.14. The zero-order chi connectivity index (χ0) is 20.4. The molecule has 0 N–H and O–H groups in total. The van der Waals surface area contributed by atoms with E-state index in [1.807, 2.05) is 31.2 Å². The smallest absolute Gasteiger partial charge is 0.338 e. The molecular formula is C24H24O4. The molecule has 2 aromatic rings. The average molecular weight is 376 g/mol. The molecule has 2 aromatic carbocycles. The van der Waals surface area contributed by atoms with Crippen LogP contribution in [0.5, 0.6) is 5.75 Å². The molecule has 3 rings (SSSR count). The van der Waals surface area contributed by atoms with E-state index in [-0.39, 0.29) is 12.1 Å². The Morgan fingerprint density at radius 2 is 1.75 bits per heavy atom. The van der Waals surface area contributed by atoms with E-state index in [0.717, 1.165) is 35.1 Å². The van der Waals surface area contributed by atoms with Crippen molar-refractivity contribution in [1.29, 1.82) is 0 Å². The summed E-state index contributed by atoms with van der Waals surface area (Å²) in [4.78, 5) is 23.7. The van der Waals surface area contributed by atoms with Crippen molar-refractivity contribution in [3.8, 4) is 16.9 Å². The third kappa shape index (κ3) is 3.91. The standard InChI is InChI=1S/C24H24O4/c1-14(2)23(25)27-21-11-9-17(13-16(21)5)18-7-6-8-20-19(18)10-12-22(20)28-24(26)15(3)4/h6-9,11,13,22H,1,3,10,12H2,2,4-5H3. The van der Waals surface area contributed by atoms with E-state index in [2.05, 4.69) is 19.2 Å². The topological polar surface area (TPSA) is 52.6 Å². The van der Waals surface area contributed by atoms with Crippen LogP contribution in [0.2, 0.25) is 0 Å². The first-order valence-electron chi connectivity index (χ1n) is 9.25. The minimum atomic E-state index is -0.432. The number of carbonyl (C=O) groups is 2. The molecule has 0 fully saturated rings. The van der Waals surface area contributed by atoms with Crippen LogP contribution in [0.1, 0.15) is 43.1 Å². The van der Waals surface area contributed by atoms with Gasteiger partial charge in [-0.15, -0.1) is 0 Å². The summed E-state index contributed by atoms with van der Waals surface area (Å²) in [5.74, 6) is -0.265. The van der Waals surface area contributed by atoms with Crippen molar-refractivity contribution in [3.63, 3.8) is 0 Å². The molecule has 4 heteroatoms. The Balaban J connectivity index is 1.90. The van der Waals surface area contributed by atoms with Crippen molar-refractivity contribution < 1.29 is 19.1 Å². The van der Waals surface area contributed by atoms with Crippen LogP contribution in [0.15, 0.2) is 60.7 Å². The van der Waals surface area contributed by atoms with Crippen LogP contribution >= 0.6 is 0 Å². The molecule has 0 heterocycles. The van der Waals surface area contributed by atoms with Gasteiger partial charge in [0.2, 0.25) is 0 Å². The van der Waals surface area contributed by atoms with Crippen molar-refractivity contribution in [1.82, 2.24) is 0 Å². The average Bonchev–Trinajstić information content (AvgIpc) is 3.06. The molecule has 0 bridgehead atoms. The lowest BCUT2D eigenvalue weighted by Crippen LogP contribution is -2.09. The zero-order valence-corrected chi connectivity index (χ0v) is 16.5. The quantitative estimate of drug-likeness (QED) is 0.406. The number of carbonyl (C=O) groups excluding carboxylic acids is 2. The fourth-order valence-corrected chi connectivity index (χ4v) is 3.36. The van der Waals surface area contributed by atoms with Gasteiger partial charge in [0.1, 0.15) is 11.9 Å². The monoisotopic (exact) mass is 376 g/mol. The summed E-state index contributed by atoms with van der Waals surface area (Å²) in [5.41, 5.74) is 6.01. The third-order valence-corrected chi connectivity index (χ3v) is 4.85. The van der Waals surface area contributed by atoms with Crippen LogP contribution < -0.4 is 4.74 Å². The highest BCUT2D eigenvalue weighted by Crippen LogP contribution is 2.40. The summed E-state index contributed by atoms with van der Waals surface area (Å²) in [6, 6.07) is 11.8. The molecule has 4 nitrogen and oxygen atoms in total. The van der Waals surface area contributed by atoms with Gasteiger partial charge in [-0.25, -0.2) is 9.59 Å². The van der Waals surface area contributed by atoms with E-state index in [1.54, 1.807) is 19.9 Å². The van der Waals surface area contributed by atoms with E-state index in [4.69, 9.17) is 9.47 Å². The third-order valence-electron chi connectivity index (χ3n) is 4.85. The number of hydrogen-bond donors (Lipinski definition) is 0. The summed E-state index contributed by atoms with van der Waals surface area (Å²) in [6.07, 6.45) is 1.36. The fourth-order valence-electron chi connectivity index (χ4n) is 3.36. The molecule has 0 saturated heterocycles. The van der Waals surface area contributed by atoms with Gasteiger partial charge in [-0.2, -0.15) is 0 Å². The molecule has 0 amide bonds. The summed E-state index contributed by atoms with van der Waals surface area (Å²) in [7, 11) is 0. The summed E-state index contributed by atoms with van der Waals surface area (Å²) < 4.78 is 11.0. The molecule has 28 heavy (non-hydrogen) atoms. The first-order chi connectivity index (χ1) is 13.3. The summed E-state index contributed by atoms with van der Waals surface area (Å²) in [5, 5.41) is 0. The number of aryl methyl sites for hydroxylation is 1. The van der Waals surface area contributed by atoms with Crippen molar-refractivity contribution in [2.75, 3.05) is 0 Å². The van der Waals surface area contributed by atoms with Crippen molar-refractivity contribution in [2.24, 2.45) is 0 Å². The van der Waals surface area contributed by atoms with Gasteiger partial charge < -0.3 is 9.47 Å². The van der Waals surface area contributed by atoms with E-state index in [0.29, 0.717) is 16.9 Å². The molecule has 0 spiro atoms. The van der Waals surface area contributed by atoms with Gasteiger partial charge in [-0.3, -0.25) is 0 Å². The van der Waals surface area contributed by atoms with Crippen LogP contribution in [0.3, 0.4) is 0 Å². The van der Waals surface area contributed by atoms with E-state index in [9.17, 15) is 9.59 Å². The number of ether oxygens (including phenoxy) is 2. The van der Waals surface area contributed by atoms with Crippen LogP contribution in [0.4, 0.5) is 0 Å². The molecule has 0 aliphatic heterocycles. The van der Waals surface area contributed by atoms with Crippen molar-refractivity contribution >= 4 is 11.9 Å². The van der Waals surface area contributed by atoms with Crippen LogP contribution in [-0.2, 0) is 20.7 Å². The summed E-state index contributed by atoms with van der Waals surface area (Å²) >= 11 is 0. The molecule has 1 aliphatic carbocycles. The Labute approximate surface area is 165 Å². The minimum Gasteiger partial charge on any atom is -0.454 e. The van der Waals surface area contributed by atoms with Crippen molar-refractivity contribution in [3.05, 3.63) is 77.4 Å². The Kier molecular flexibility index (Phi) is 5.50. The van der Waals surface area contributed by atoms with Crippen LogP contribution in [0, 0.1) is 6.92 Å². The van der Waals surface area contributed by atoms with Gasteiger partial charge in [-0.1, -0.05) is 37.4 Å². The molecule has 144 valence electrons. The zero-order valence-electron chi connectivity index (χ0n) is 16.5. The lowest BCUT2D eigenvalue weighted by molar-refractivity contribution is -0.144. The van der Waals surface area contributed by atoms with Gasteiger partial charge in [0.05, 0.1) is 0 Å². The second-order valence-corrected chi connectivity index (χ2v) is 7.24. The second-order valence-electron chi connectivity index (χ2n) is 7.24. The predicted octanol–water partition coefficient (Wildman–Crippen LogP) is 5.25. The normalized spacial score (nSPS) is 14.9. The van der Waals surface area contributed by atoms with Gasteiger partial charge in [0.25, 0.3) is 0 Å². The summed E-state index contributed by atoms with van der Waals surface area (Å²) in [6.45, 7) is 12.4. The number of hydrogen-bond acceptors (Lipinski definition) is 4. The highest BCUT2D eigenvalue weighted by atomic mass is 16.5. The van der Waals surface area contributed by atoms with E-state index in [1.165, 1.54) is 5.56 Å². The first kappa shape index (κ1) is 19.6. The number of esters is 2. The molecular weight excluding hydrogens is 352 g/mol.